The van der Waals surface area contributed by atoms with Crippen LogP contribution >= 0.6 is 11.8 Å². The fourth-order valence-corrected chi connectivity index (χ4v) is 5.41. The highest BCUT2D eigenvalue weighted by molar-refractivity contribution is 7.98. The minimum atomic E-state index is -1.30. The molecule has 0 aromatic carbocycles. The fourth-order valence-electron chi connectivity index (χ4n) is 4.94. The molecule has 0 aliphatic carbocycles. The zero-order chi connectivity index (χ0) is 45.9. The lowest BCUT2D eigenvalue weighted by atomic mass is 10.1. The number of thioether (sulfide) groups is 1. The largest absolute Gasteiger partial charge is 0.480 e. The van der Waals surface area contributed by atoms with E-state index in [-0.39, 0.29) is 38.2 Å². The zero-order valence-electron chi connectivity index (χ0n) is 34.9. The van der Waals surface area contributed by atoms with Gasteiger partial charge >= 0.3 is 5.97 Å². The van der Waals surface area contributed by atoms with Crippen molar-refractivity contribution in [1.29, 1.82) is 0 Å². The summed E-state index contributed by atoms with van der Waals surface area (Å²) in [6, 6.07) is -7.98. The minimum absolute atomic E-state index is 0.0248. The minimum Gasteiger partial charge on any atom is -0.480 e. The average molecular weight is 874 g/mol. The van der Waals surface area contributed by atoms with E-state index in [1.165, 1.54) is 46.4 Å². The summed E-state index contributed by atoms with van der Waals surface area (Å²) in [5, 5.41) is 31.0. The molecule has 0 bridgehead atoms. The van der Waals surface area contributed by atoms with Gasteiger partial charge in [0, 0.05) is 13.5 Å². The van der Waals surface area contributed by atoms with E-state index in [2.05, 4.69) is 52.8 Å². The van der Waals surface area contributed by atoms with Gasteiger partial charge in [0.15, 0.2) is 5.96 Å². The molecular weight excluding hydrogens is 811 g/mol. The number of nitrogens with two attached hydrogens (primary N) is 3. The van der Waals surface area contributed by atoms with Crippen molar-refractivity contribution in [3.63, 3.8) is 0 Å². The van der Waals surface area contributed by atoms with E-state index in [1.54, 1.807) is 6.26 Å². The molecule has 24 nitrogen and oxygen atoms in total. The molecule has 0 unspecified atom stereocenters. The van der Waals surface area contributed by atoms with Crippen molar-refractivity contribution in [2.75, 3.05) is 38.2 Å². The molecule has 0 aromatic rings. The Morgan fingerprint density at radius 2 is 1.03 bits per heavy atom. The summed E-state index contributed by atoms with van der Waals surface area (Å²) in [7, 11) is 0. The van der Waals surface area contributed by atoms with Crippen molar-refractivity contribution in [3.05, 3.63) is 0 Å². The van der Waals surface area contributed by atoms with Crippen molar-refractivity contribution in [1.82, 2.24) is 47.9 Å². The number of carbonyl (C=O) groups is 10. The van der Waals surface area contributed by atoms with Crippen molar-refractivity contribution in [2.24, 2.45) is 22.2 Å². The number of amides is 9. The van der Waals surface area contributed by atoms with Crippen LogP contribution in [-0.2, 0) is 47.9 Å². The van der Waals surface area contributed by atoms with Crippen LogP contribution in [0.1, 0.15) is 73.1 Å². The van der Waals surface area contributed by atoms with E-state index < -0.39 is 115 Å². The van der Waals surface area contributed by atoms with Crippen LogP contribution in [0.15, 0.2) is 4.99 Å². The topological polar surface area (TPSA) is 390 Å². The quantitative estimate of drug-likeness (QED) is 0.0190. The highest BCUT2D eigenvalue weighted by Gasteiger charge is 2.29. The number of guanidine groups is 1. The molecule has 0 aliphatic heterocycles. The molecule has 0 heterocycles. The van der Waals surface area contributed by atoms with Crippen molar-refractivity contribution in [2.45, 2.75) is 115 Å². The molecule has 0 aliphatic rings. The summed E-state index contributed by atoms with van der Waals surface area (Å²) in [6.07, 6.45) is 3.45. The summed E-state index contributed by atoms with van der Waals surface area (Å²) in [5.41, 5.74) is 16.2. The van der Waals surface area contributed by atoms with Gasteiger partial charge in [0.05, 0.1) is 13.1 Å². The summed E-state index contributed by atoms with van der Waals surface area (Å²) in [5.74, 6) is -7.39. The molecule has 0 saturated heterocycles. The van der Waals surface area contributed by atoms with Gasteiger partial charge in [0.2, 0.25) is 53.2 Å². The third-order valence-electron chi connectivity index (χ3n) is 8.34. The molecule has 0 aromatic heterocycles. The third-order valence-corrected chi connectivity index (χ3v) is 8.98. The molecular formula is C35H63N13O11S. The van der Waals surface area contributed by atoms with Gasteiger partial charge < -0.3 is 70.2 Å². The number of hydrogen-bond acceptors (Lipinski definition) is 13. The standard InChI is InChI=1S/C35H63N13O11S/c1-18(42-22(5)49)29(53)47-23(10-7-8-13-36)31(55)41-16-26(50)40-17-27(51)46-25(12-15-60-6)33(57)44-19(2)28(52)43-20(3)30(54)48-24(11-9-14-39-35(37)38)32(56)45-21(4)34(58)59/h18-21,23-25H,7-17,36H2,1-6H3,(H,40,50)(H,41,55)(H,42,49)(H,43,52)(H,44,57)(H,45,56)(H,46,51)(H,47,53)(H,48,54)(H,58,59)(H4,37,38,39)/t18-,19-,20-,21-,23-,24-,25-/m0/s1. The molecule has 60 heavy (non-hydrogen) atoms. The number of carbonyl (C=O) groups excluding carboxylic acids is 9. The molecule has 25 heteroatoms. The zero-order valence-corrected chi connectivity index (χ0v) is 35.8. The molecule has 0 spiro atoms. The Morgan fingerprint density at radius 3 is 1.55 bits per heavy atom. The number of aliphatic carboxylic acids is 1. The summed E-state index contributed by atoms with van der Waals surface area (Å²) in [4.78, 5) is 129. The maximum absolute atomic E-state index is 13.2. The molecule has 340 valence electrons. The normalized spacial score (nSPS) is 14.1. The Labute approximate surface area is 353 Å². The first-order valence-corrected chi connectivity index (χ1v) is 20.6. The Bertz CT molecular complexity index is 1530. The first-order chi connectivity index (χ1) is 28.1. The number of rotatable bonds is 29. The van der Waals surface area contributed by atoms with Gasteiger partial charge in [0.25, 0.3) is 0 Å². The smallest absolute Gasteiger partial charge is 0.325 e. The Hall–Kier alpha value is -5.72. The predicted molar refractivity (Wildman–Crippen MR) is 221 cm³/mol. The van der Waals surface area contributed by atoms with Crippen LogP contribution in [-0.4, -0.2) is 151 Å². The van der Waals surface area contributed by atoms with E-state index in [0.29, 0.717) is 25.1 Å². The number of carboxylic acids is 1. The molecule has 7 atom stereocenters. The van der Waals surface area contributed by atoms with Crippen LogP contribution in [0.3, 0.4) is 0 Å². The lowest BCUT2D eigenvalue weighted by molar-refractivity contribution is -0.141. The highest BCUT2D eigenvalue weighted by Crippen LogP contribution is 2.05. The van der Waals surface area contributed by atoms with Crippen LogP contribution in [0.4, 0.5) is 0 Å². The molecule has 0 saturated carbocycles. The average Bonchev–Trinajstić information content (AvgIpc) is 3.17. The van der Waals surface area contributed by atoms with Crippen molar-refractivity contribution >= 4 is 76.9 Å². The van der Waals surface area contributed by atoms with Crippen LogP contribution < -0.4 is 65.1 Å². The predicted octanol–water partition coefficient (Wildman–Crippen LogP) is -5.27. The molecule has 0 fully saturated rings. The van der Waals surface area contributed by atoms with Crippen molar-refractivity contribution < 1.29 is 53.1 Å². The summed E-state index contributed by atoms with van der Waals surface area (Å²) in [6.45, 7) is 5.95. The second kappa shape index (κ2) is 29.5. The van der Waals surface area contributed by atoms with Crippen LogP contribution in [0, 0.1) is 0 Å². The molecule has 0 radical (unpaired) electrons. The van der Waals surface area contributed by atoms with E-state index in [1.807, 2.05) is 0 Å². The lowest BCUT2D eigenvalue weighted by Crippen LogP contribution is -2.57. The number of unbranched alkanes of at least 4 members (excludes halogenated alkanes) is 1. The van der Waals surface area contributed by atoms with E-state index in [9.17, 15) is 47.9 Å². The van der Waals surface area contributed by atoms with E-state index in [4.69, 9.17) is 22.3 Å². The number of hydrogen-bond donors (Lipinski definition) is 13. The van der Waals surface area contributed by atoms with Crippen LogP contribution in [0.25, 0.3) is 0 Å². The SMILES string of the molecule is CSCC[C@H](NC(=O)CNC(=O)CNC(=O)[C@H](CCCCN)NC(=O)[C@H](C)NC(C)=O)C(=O)N[C@@H](C)C(=O)N[C@@H](C)C(=O)N[C@@H](CCCN=C(N)N)C(=O)N[C@@H](C)C(=O)O. The molecule has 9 amide bonds. The molecule has 16 N–H and O–H groups in total. The second-order valence-electron chi connectivity index (χ2n) is 13.7. The maximum Gasteiger partial charge on any atom is 0.325 e. The molecule has 0 rings (SSSR count). The Morgan fingerprint density at radius 1 is 0.567 bits per heavy atom. The summed E-state index contributed by atoms with van der Waals surface area (Å²) < 4.78 is 0. The van der Waals surface area contributed by atoms with Gasteiger partial charge in [-0.2, -0.15) is 11.8 Å². The maximum atomic E-state index is 13.2. The summed E-state index contributed by atoms with van der Waals surface area (Å²) >= 11 is 1.38. The monoisotopic (exact) mass is 873 g/mol. The number of aliphatic imine (C=N–C) groups is 1. The lowest BCUT2D eigenvalue weighted by Gasteiger charge is -2.24. The first kappa shape index (κ1) is 54.3. The van der Waals surface area contributed by atoms with Gasteiger partial charge in [-0.1, -0.05) is 0 Å². The highest BCUT2D eigenvalue weighted by atomic mass is 32.2. The van der Waals surface area contributed by atoms with Gasteiger partial charge in [-0.15, -0.1) is 0 Å². The van der Waals surface area contributed by atoms with Gasteiger partial charge in [0.1, 0.15) is 42.3 Å². The van der Waals surface area contributed by atoms with E-state index in [0.717, 1.165) is 0 Å². The fraction of sp³-hybridized carbons (Fsp3) is 0.686. The van der Waals surface area contributed by atoms with Gasteiger partial charge in [-0.3, -0.25) is 52.9 Å². The Kier molecular flexibility index (Phi) is 26.7. The van der Waals surface area contributed by atoms with Crippen molar-refractivity contribution in [3.8, 4) is 0 Å². The third kappa shape index (κ3) is 23.6. The van der Waals surface area contributed by atoms with Crippen LogP contribution in [0.5, 0.6) is 0 Å². The number of carboxylic acid groups (broad SMARTS) is 1. The van der Waals surface area contributed by atoms with Gasteiger partial charge in [-0.25, -0.2) is 0 Å². The number of nitrogens with one attached hydrogen (secondary N) is 9. The van der Waals surface area contributed by atoms with E-state index >= 15 is 0 Å². The Balaban J connectivity index is 5.32. The number of nitrogens with zero attached hydrogens (tertiary/aromatic N) is 1. The first-order valence-electron chi connectivity index (χ1n) is 19.2. The van der Waals surface area contributed by atoms with Crippen LogP contribution in [0.2, 0.25) is 0 Å². The van der Waals surface area contributed by atoms with Gasteiger partial charge in [-0.05, 0) is 84.8 Å². The second-order valence-corrected chi connectivity index (χ2v) is 14.7.